The molecular formula is C14H24N2S. The number of hydrazine groups is 1. The number of hydrogen-bond donors (Lipinski definition) is 2. The summed E-state index contributed by atoms with van der Waals surface area (Å²) in [5, 5.41) is 0. The summed E-state index contributed by atoms with van der Waals surface area (Å²) in [5.74, 6) is 8.48. The molecule has 1 aromatic carbocycles. The van der Waals surface area contributed by atoms with Crippen molar-refractivity contribution in [3.63, 3.8) is 0 Å². The fraction of sp³-hybridized carbons (Fsp3) is 0.571. The molecule has 0 aromatic heterocycles. The van der Waals surface area contributed by atoms with Gasteiger partial charge in [0.1, 0.15) is 0 Å². The van der Waals surface area contributed by atoms with E-state index in [0.29, 0.717) is 5.92 Å². The molecule has 1 unspecified atom stereocenters. The highest BCUT2D eigenvalue weighted by atomic mass is 32.2. The maximum Gasteiger partial charge on any atom is 0.0550 e. The van der Waals surface area contributed by atoms with Gasteiger partial charge < -0.3 is 0 Å². The van der Waals surface area contributed by atoms with E-state index < -0.39 is 0 Å². The van der Waals surface area contributed by atoms with Crippen LogP contribution in [-0.4, -0.2) is 11.5 Å². The Morgan fingerprint density at radius 2 is 2.12 bits per heavy atom. The van der Waals surface area contributed by atoms with Crippen LogP contribution in [0.5, 0.6) is 0 Å². The summed E-state index contributed by atoms with van der Waals surface area (Å²) in [6, 6.07) is 9.02. The first kappa shape index (κ1) is 14.6. The van der Waals surface area contributed by atoms with Gasteiger partial charge in [-0.3, -0.25) is 11.3 Å². The van der Waals surface area contributed by atoms with Gasteiger partial charge in [-0.05, 0) is 29.2 Å². The van der Waals surface area contributed by atoms with Crippen molar-refractivity contribution >= 4 is 11.8 Å². The van der Waals surface area contributed by atoms with Crippen LogP contribution in [0.15, 0.2) is 24.3 Å². The molecule has 0 radical (unpaired) electrons. The predicted molar refractivity (Wildman–Crippen MR) is 78.0 cm³/mol. The first-order valence-electron chi connectivity index (χ1n) is 6.30. The van der Waals surface area contributed by atoms with Crippen LogP contribution in [0, 0.1) is 5.92 Å². The molecule has 0 aliphatic heterocycles. The zero-order valence-corrected chi connectivity index (χ0v) is 11.9. The van der Waals surface area contributed by atoms with Crippen molar-refractivity contribution in [3.8, 4) is 0 Å². The van der Waals surface area contributed by atoms with Crippen LogP contribution in [0.4, 0.5) is 0 Å². The average Bonchev–Trinajstić information content (AvgIpc) is 2.30. The van der Waals surface area contributed by atoms with E-state index in [-0.39, 0.29) is 6.04 Å². The van der Waals surface area contributed by atoms with Crippen molar-refractivity contribution in [1.29, 1.82) is 0 Å². The van der Waals surface area contributed by atoms with Gasteiger partial charge in [0.15, 0.2) is 0 Å². The van der Waals surface area contributed by atoms with Crippen molar-refractivity contribution < 1.29 is 0 Å². The van der Waals surface area contributed by atoms with Gasteiger partial charge in [-0.25, -0.2) is 0 Å². The lowest BCUT2D eigenvalue weighted by Gasteiger charge is -2.17. The van der Waals surface area contributed by atoms with Crippen LogP contribution in [0.3, 0.4) is 0 Å². The van der Waals surface area contributed by atoms with Gasteiger partial charge in [0, 0.05) is 5.75 Å². The summed E-state index contributed by atoms with van der Waals surface area (Å²) in [6.07, 6.45) is 1.13. The molecule has 0 aliphatic carbocycles. The Kier molecular flexibility index (Phi) is 6.63. The van der Waals surface area contributed by atoms with Gasteiger partial charge >= 0.3 is 0 Å². The van der Waals surface area contributed by atoms with Crippen molar-refractivity contribution in [2.45, 2.75) is 33.2 Å². The van der Waals surface area contributed by atoms with Gasteiger partial charge in [-0.15, -0.1) is 0 Å². The van der Waals surface area contributed by atoms with Crippen LogP contribution in [0.1, 0.15) is 37.9 Å². The molecule has 3 heteroatoms. The van der Waals surface area contributed by atoms with E-state index in [4.69, 9.17) is 5.84 Å². The first-order valence-corrected chi connectivity index (χ1v) is 7.45. The molecule has 1 aromatic rings. The fourth-order valence-corrected chi connectivity index (χ4v) is 2.64. The number of nitrogens with one attached hydrogen (secondary N) is 1. The zero-order chi connectivity index (χ0) is 12.7. The zero-order valence-electron chi connectivity index (χ0n) is 11.1. The molecular weight excluding hydrogens is 228 g/mol. The lowest BCUT2D eigenvalue weighted by Crippen LogP contribution is -2.29. The minimum absolute atomic E-state index is 0.257. The minimum Gasteiger partial charge on any atom is -0.271 e. The monoisotopic (exact) mass is 252 g/mol. The highest BCUT2D eigenvalue weighted by Gasteiger charge is 2.10. The molecule has 17 heavy (non-hydrogen) atoms. The van der Waals surface area contributed by atoms with Crippen molar-refractivity contribution in [2.75, 3.05) is 11.5 Å². The number of benzene rings is 1. The second kappa shape index (κ2) is 7.75. The van der Waals surface area contributed by atoms with Crippen LogP contribution in [0.25, 0.3) is 0 Å². The van der Waals surface area contributed by atoms with Gasteiger partial charge in [-0.2, -0.15) is 11.8 Å². The van der Waals surface area contributed by atoms with Gasteiger partial charge in [-0.1, -0.05) is 45.0 Å². The molecule has 3 N–H and O–H groups in total. The second-order valence-electron chi connectivity index (χ2n) is 4.72. The van der Waals surface area contributed by atoms with E-state index in [2.05, 4.69) is 50.5 Å². The molecule has 0 aliphatic rings. The molecule has 0 amide bonds. The molecule has 0 spiro atoms. The maximum absolute atomic E-state index is 5.63. The molecule has 0 saturated carbocycles. The Morgan fingerprint density at radius 1 is 1.35 bits per heavy atom. The minimum atomic E-state index is 0.257. The van der Waals surface area contributed by atoms with E-state index >= 15 is 0 Å². The third-order valence-corrected chi connectivity index (χ3v) is 3.66. The van der Waals surface area contributed by atoms with E-state index in [1.165, 1.54) is 11.1 Å². The van der Waals surface area contributed by atoms with Crippen molar-refractivity contribution in [1.82, 2.24) is 5.43 Å². The lowest BCUT2D eigenvalue weighted by molar-refractivity contribution is 0.606. The molecule has 0 saturated heterocycles. The Balaban J connectivity index is 2.73. The summed E-state index contributed by atoms with van der Waals surface area (Å²) >= 11 is 1.91. The van der Waals surface area contributed by atoms with E-state index in [0.717, 1.165) is 17.9 Å². The van der Waals surface area contributed by atoms with E-state index in [1.54, 1.807) is 0 Å². The average molecular weight is 252 g/mol. The maximum atomic E-state index is 5.63. The quantitative estimate of drug-likeness (QED) is 0.578. The van der Waals surface area contributed by atoms with Crippen LogP contribution >= 0.6 is 11.8 Å². The van der Waals surface area contributed by atoms with E-state index in [1.807, 2.05) is 11.8 Å². The molecule has 96 valence electrons. The van der Waals surface area contributed by atoms with Crippen LogP contribution in [0.2, 0.25) is 0 Å². The summed E-state index contributed by atoms with van der Waals surface area (Å²) in [4.78, 5) is 0. The molecule has 2 nitrogen and oxygen atoms in total. The molecule has 1 rings (SSSR count). The highest BCUT2D eigenvalue weighted by molar-refractivity contribution is 7.99. The van der Waals surface area contributed by atoms with Crippen molar-refractivity contribution in [2.24, 2.45) is 11.8 Å². The summed E-state index contributed by atoms with van der Waals surface area (Å²) in [6.45, 7) is 6.67. The summed E-state index contributed by atoms with van der Waals surface area (Å²) in [7, 11) is 0. The number of rotatable bonds is 7. The molecule has 0 heterocycles. The number of hydrogen-bond acceptors (Lipinski definition) is 3. The second-order valence-corrected chi connectivity index (χ2v) is 6.04. The summed E-state index contributed by atoms with van der Waals surface area (Å²) in [5.41, 5.74) is 5.61. The third kappa shape index (κ3) is 5.11. The highest BCUT2D eigenvalue weighted by Crippen LogP contribution is 2.20. The van der Waals surface area contributed by atoms with Crippen molar-refractivity contribution in [3.05, 3.63) is 35.4 Å². The van der Waals surface area contributed by atoms with Crippen LogP contribution < -0.4 is 11.3 Å². The number of thioether (sulfide) groups is 1. The topological polar surface area (TPSA) is 38.0 Å². The largest absolute Gasteiger partial charge is 0.271 e. The smallest absolute Gasteiger partial charge is 0.0550 e. The van der Waals surface area contributed by atoms with Gasteiger partial charge in [0.2, 0.25) is 0 Å². The SMILES string of the molecule is CCSCC(NN)c1cccc(CC(C)C)c1. The van der Waals surface area contributed by atoms with Gasteiger partial charge in [0.05, 0.1) is 6.04 Å². The Bertz CT molecular complexity index is 326. The number of nitrogens with two attached hydrogens (primary N) is 1. The Labute approximate surface area is 109 Å². The normalized spacial score (nSPS) is 13.0. The first-order chi connectivity index (χ1) is 8.17. The Hall–Kier alpha value is -0.510. The van der Waals surface area contributed by atoms with Gasteiger partial charge in [0.25, 0.3) is 0 Å². The predicted octanol–water partition coefficient (Wildman–Crippen LogP) is 3.14. The molecule has 0 bridgehead atoms. The standard InChI is InChI=1S/C14H24N2S/c1-4-17-10-14(16-15)13-7-5-6-12(9-13)8-11(2)3/h5-7,9,11,14,16H,4,8,10,15H2,1-3H3. The Morgan fingerprint density at radius 3 is 2.71 bits per heavy atom. The molecule has 0 fully saturated rings. The fourth-order valence-electron chi connectivity index (χ4n) is 1.88. The summed E-state index contributed by atoms with van der Waals surface area (Å²) < 4.78 is 0. The lowest BCUT2D eigenvalue weighted by atomic mass is 9.99. The van der Waals surface area contributed by atoms with E-state index in [9.17, 15) is 0 Å². The molecule has 1 atom stereocenters. The third-order valence-electron chi connectivity index (χ3n) is 2.69. The van der Waals surface area contributed by atoms with Crippen LogP contribution in [-0.2, 0) is 6.42 Å².